The monoisotopic (exact) mass is 706 g/mol. The van der Waals surface area contributed by atoms with E-state index in [-0.39, 0.29) is 11.9 Å². The largest absolute Gasteiger partial charge is 0.494 e. The van der Waals surface area contributed by atoms with Crippen molar-refractivity contribution in [3.05, 3.63) is 72.6 Å². The Morgan fingerprint density at radius 2 is 1.63 bits per heavy atom. The summed E-state index contributed by atoms with van der Waals surface area (Å²) in [6.45, 7) is 10.4. The number of alkyl halides is 3. The van der Waals surface area contributed by atoms with Crippen LogP contribution in [0.25, 0.3) is 0 Å². The molecule has 1 atom stereocenters. The Bertz CT molecular complexity index is 1690. The van der Waals surface area contributed by atoms with Crippen molar-refractivity contribution in [1.29, 1.82) is 0 Å². The maximum absolute atomic E-state index is 13.1. The van der Waals surface area contributed by atoms with Crippen LogP contribution in [0.1, 0.15) is 43.2 Å². The Morgan fingerprint density at radius 3 is 2.25 bits per heavy atom. The molecule has 4 fully saturated rings. The summed E-state index contributed by atoms with van der Waals surface area (Å²) in [6.07, 6.45) is 4.26. The van der Waals surface area contributed by atoms with E-state index in [0.717, 1.165) is 81.5 Å². The summed E-state index contributed by atoms with van der Waals surface area (Å²) in [7, 11) is 1.61. The first-order valence-corrected chi connectivity index (χ1v) is 17.7. The molecule has 0 unspecified atom stereocenters. The van der Waals surface area contributed by atoms with E-state index < -0.39 is 11.7 Å². The molecule has 272 valence electrons. The number of anilines is 5. The van der Waals surface area contributed by atoms with Crippen LogP contribution in [0.2, 0.25) is 0 Å². The van der Waals surface area contributed by atoms with E-state index in [2.05, 4.69) is 41.9 Å². The molecular weight excluding hydrogens is 661 g/mol. The van der Waals surface area contributed by atoms with Gasteiger partial charge in [0.15, 0.2) is 5.82 Å². The minimum atomic E-state index is -4.38. The summed E-state index contributed by atoms with van der Waals surface area (Å²) in [5, 5.41) is 8.01. The van der Waals surface area contributed by atoms with E-state index in [1.165, 1.54) is 37.4 Å². The molecule has 1 amide bonds. The van der Waals surface area contributed by atoms with Crippen LogP contribution in [0.4, 0.5) is 41.9 Å². The molecule has 4 heterocycles. The first kappa shape index (κ1) is 35.0. The van der Waals surface area contributed by atoms with Crippen molar-refractivity contribution in [1.82, 2.24) is 19.8 Å². The number of methoxy groups -OCH3 is 1. The number of carbonyl (C=O) groups is 1. The van der Waals surface area contributed by atoms with Gasteiger partial charge >= 0.3 is 6.18 Å². The van der Waals surface area contributed by atoms with Gasteiger partial charge in [-0.2, -0.15) is 13.2 Å². The number of rotatable bonds is 11. The Hall–Kier alpha value is -4.40. The molecule has 3 aliphatic heterocycles. The lowest BCUT2D eigenvalue weighted by Gasteiger charge is -2.43. The molecule has 14 heteroatoms. The number of hydrogen-bond acceptors (Lipinski definition) is 10. The van der Waals surface area contributed by atoms with Crippen LogP contribution in [0.5, 0.6) is 5.75 Å². The molecule has 11 nitrogen and oxygen atoms in total. The van der Waals surface area contributed by atoms with E-state index in [9.17, 15) is 18.0 Å². The average Bonchev–Trinajstić information content (AvgIpc) is 3.90. The third kappa shape index (κ3) is 8.23. The van der Waals surface area contributed by atoms with Crippen molar-refractivity contribution in [3.8, 4) is 5.75 Å². The standard InChI is InChI=1S/C37H45F3N8O3/c1-3-36(49)44-30-21-31(33(50-2)22-32(30)47-13-10-28(11-14-47)46-17-15-45(16-18-46)27-8-9-27)43-34-23-35(42-24-41-34)48-29(12-19-51-48)20-25-4-6-26(7-5-25)37(38,39)40/h3-7,21-24,27-29H,1,8-20H2,2H3,(H,44,49)(H,41,42,43)/t29-/m1/s1. The normalized spacial score (nSPS) is 20.7. The molecule has 2 N–H and O–H groups in total. The molecule has 3 saturated heterocycles. The van der Waals surface area contributed by atoms with Gasteiger partial charge in [-0.1, -0.05) is 18.7 Å². The van der Waals surface area contributed by atoms with Crippen LogP contribution in [0.15, 0.2) is 61.4 Å². The summed E-state index contributed by atoms with van der Waals surface area (Å²) < 4.78 is 45.0. The fraction of sp³-hybridized carbons (Fsp3) is 0.486. The molecule has 1 aliphatic carbocycles. The molecule has 2 aromatic carbocycles. The van der Waals surface area contributed by atoms with Crippen LogP contribution < -0.4 is 25.3 Å². The van der Waals surface area contributed by atoms with Crippen LogP contribution >= 0.6 is 0 Å². The van der Waals surface area contributed by atoms with Gasteiger partial charge in [0.1, 0.15) is 17.9 Å². The van der Waals surface area contributed by atoms with Crippen LogP contribution in [-0.2, 0) is 22.2 Å². The number of nitrogens with zero attached hydrogens (tertiary/aromatic N) is 6. The number of nitrogens with one attached hydrogen (secondary N) is 2. The van der Waals surface area contributed by atoms with Gasteiger partial charge < -0.3 is 20.3 Å². The van der Waals surface area contributed by atoms with Crippen molar-refractivity contribution in [2.24, 2.45) is 0 Å². The Balaban J connectivity index is 1.05. The minimum absolute atomic E-state index is 0.129. The fourth-order valence-electron chi connectivity index (χ4n) is 7.48. The van der Waals surface area contributed by atoms with Gasteiger partial charge in [-0.05, 0) is 68.4 Å². The van der Waals surface area contributed by atoms with Gasteiger partial charge in [-0.25, -0.2) is 15.0 Å². The van der Waals surface area contributed by atoms with E-state index in [1.54, 1.807) is 18.2 Å². The number of hydroxylamine groups is 1. The maximum Gasteiger partial charge on any atom is 0.416 e. The van der Waals surface area contributed by atoms with Gasteiger partial charge in [-0.3, -0.25) is 19.4 Å². The van der Waals surface area contributed by atoms with Crippen molar-refractivity contribution in [2.45, 2.75) is 62.8 Å². The smallest absolute Gasteiger partial charge is 0.416 e. The van der Waals surface area contributed by atoms with Crippen molar-refractivity contribution >= 4 is 34.6 Å². The van der Waals surface area contributed by atoms with E-state index in [1.807, 2.05) is 12.1 Å². The summed E-state index contributed by atoms with van der Waals surface area (Å²) >= 11 is 0. The van der Waals surface area contributed by atoms with Gasteiger partial charge in [0.25, 0.3) is 0 Å². The lowest BCUT2D eigenvalue weighted by molar-refractivity contribution is -0.137. The van der Waals surface area contributed by atoms with Gasteiger partial charge in [0.05, 0.1) is 42.4 Å². The number of piperazine rings is 1. The highest BCUT2D eigenvalue weighted by atomic mass is 19.4. The molecule has 0 radical (unpaired) electrons. The Kier molecular flexibility index (Phi) is 10.3. The number of halogens is 3. The second-order valence-corrected chi connectivity index (χ2v) is 13.7. The summed E-state index contributed by atoms with van der Waals surface area (Å²) in [4.78, 5) is 35.0. The van der Waals surface area contributed by atoms with Crippen LogP contribution in [-0.4, -0.2) is 96.8 Å². The third-order valence-corrected chi connectivity index (χ3v) is 10.4. The lowest BCUT2D eigenvalue weighted by Crippen LogP contribution is -2.53. The van der Waals surface area contributed by atoms with Crippen LogP contribution in [0.3, 0.4) is 0 Å². The number of benzene rings is 2. The SMILES string of the molecule is C=CC(=O)Nc1cc(Nc2cc(N3OCC[C@@H]3Cc3ccc(C(F)(F)F)cc3)ncn2)c(OC)cc1N1CCC(N2CCN(C3CC3)CC2)CC1. The highest BCUT2D eigenvalue weighted by molar-refractivity contribution is 6.02. The Labute approximate surface area is 296 Å². The third-order valence-electron chi connectivity index (χ3n) is 10.4. The molecule has 51 heavy (non-hydrogen) atoms. The quantitative estimate of drug-likeness (QED) is 0.236. The van der Waals surface area contributed by atoms with Crippen LogP contribution in [0, 0.1) is 0 Å². The van der Waals surface area contributed by atoms with Gasteiger partial charge in [0.2, 0.25) is 5.91 Å². The second kappa shape index (κ2) is 15.1. The zero-order valence-corrected chi connectivity index (χ0v) is 28.9. The number of aromatic nitrogens is 2. The predicted molar refractivity (Wildman–Crippen MR) is 191 cm³/mol. The molecule has 3 aromatic rings. The topological polar surface area (TPSA) is 98.3 Å². The number of amides is 1. The van der Waals surface area contributed by atoms with E-state index in [4.69, 9.17) is 9.57 Å². The van der Waals surface area contributed by atoms with Gasteiger partial charge in [-0.15, -0.1) is 0 Å². The molecule has 7 rings (SSSR count). The molecule has 4 aliphatic rings. The van der Waals surface area contributed by atoms with Crippen molar-refractivity contribution in [2.75, 3.05) is 73.6 Å². The highest BCUT2D eigenvalue weighted by Crippen LogP contribution is 2.40. The van der Waals surface area contributed by atoms with Crippen molar-refractivity contribution < 1.29 is 27.5 Å². The number of piperidine rings is 1. The highest BCUT2D eigenvalue weighted by Gasteiger charge is 2.35. The second-order valence-electron chi connectivity index (χ2n) is 13.7. The molecule has 0 spiro atoms. The summed E-state index contributed by atoms with van der Waals surface area (Å²) in [6, 6.07) is 12.0. The first-order valence-electron chi connectivity index (χ1n) is 17.7. The molecule has 0 bridgehead atoms. The summed E-state index contributed by atoms with van der Waals surface area (Å²) in [5.41, 5.74) is 2.20. The maximum atomic E-state index is 13.1. The average molecular weight is 707 g/mol. The van der Waals surface area contributed by atoms with Crippen molar-refractivity contribution in [3.63, 3.8) is 0 Å². The summed E-state index contributed by atoms with van der Waals surface area (Å²) in [5.74, 6) is 1.25. The molecule has 1 saturated carbocycles. The first-order chi connectivity index (χ1) is 24.7. The lowest BCUT2D eigenvalue weighted by atomic mass is 10.0. The van der Waals surface area contributed by atoms with E-state index >= 15 is 0 Å². The Morgan fingerprint density at radius 1 is 0.941 bits per heavy atom. The number of hydrogen-bond donors (Lipinski definition) is 2. The molecular formula is C37H45F3N8O3. The zero-order valence-electron chi connectivity index (χ0n) is 28.9. The zero-order chi connectivity index (χ0) is 35.5. The van der Waals surface area contributed by atoms with Gasteiger partial charge in [0, 0.05) is 63.5 Å². The molecule has 1 aromatic heterocycles. The fourth-order valence-corrected chi connectivity index (χ4v) is 7.48. The minimum Gasteiger partial charge on any atom is -0.494 e. The number of carbonyl (C=O) groups excluding carboxylic acids is 1. The number of ether oxygens (including phenoxy) is 1. The van der Waals surface area contributed by atoms with E-state index in [0.29, 0.717) is 54.3 Å². The predicted octanol–water partition coefficient (Wildman–Crippen LogP) is 5.87.